The second-order valence-corrected chi connectivity index (χ2v) is 7.23. The number of carbonyl (C=O) groups is 1. The van der Waals surface area contributed by atoms with Gasteiger partial charge < -0.3 is 24.3 Å². The first-order chi connectivity index (χ1) is 10.1. The lowest BCUT2D eigenvalue weighted by Gasteiger charge is -2.30. The van der Waals surface area contributed by atoms with Gasteiger partial charge in [-0.15, -0.1) is 0 Å². The molecule has 0 saturated carbocycles. The Labute approximate surface area is 132 Å². The van der Waals surface area contributed by atoms with E-state index in [2.05, 4.69) is 5.32 Å². The van der Waals surface area contributed by atoms with E-state index in [1.807, 2.05) is 53.7 Å². The number of carbonyl (C=O) groups excluding carboxylic acids is 1. The summed E-state index contributed by atoms with van der Waals surface area (Å²) in [6.45, 7) is 11.5. The van der Waals surface area contributed by atoms with Crippen LogP contribution in [0.4, 0.5) is 4.79 Å². The van der Waals surface area contributed by atoms with Crippen molar-refractivity contribution in [1.29, 1.82) is 0 Å². The topological polar surface area (TPSA) is 66.0 Å². The smallest absolute Gasteiger partial charge is 0.408 e. The number of hydrogen-bond donors (Lipinski definition) is 1. The number of alkyl carbamates (subject to hydrolysis) is 1. The van der Waals surface area contributed by atoms with Crippen molar-refractivity contribution >= 4 is 6.09 Å². The molecule has 6 heteroatoms. The molecule has 2 rings (SSSR count). The summed E-state index contributed by atoms with van der Waals surface area (Å²) in [6.07, 6.45) is 2.90. The van der Waals surface area contributed by atoms with Crippen molar-refractivity contribution in [2.24, 2.45) is 0 Å². The van der Waals surface area contributed by atoms with E-state index < -0.39 is 17.5 Å². The van der Waals surface area contributed by atoms with Gasteiger partial charge in [-0.1, -0.05) is 12.2 Å². The van der Waals surface area contributed by atoms with E-state index in [0.717, 1.165) is 0 Å². The largest absolute Gasteiger partial charge is 0.444 e. The molecule has 2 aliphatic heterocycles. The summed E-state index contributed by atoms with van der Waals surface area (Å²) in [6, 6.07) is -0.363. The number of rotatable bonds is 3. The first kappa shape index (κ1) is 17.2. The summed E-state index contributed by atoms with van der Waals surface area (Å²) in [7, 11) is 0. The highest BCUT2D eigenvalue weighted by molar-refractivity contribution is 5.68. The zero-order valence-corrected chi connectivity index (χ0v) is 14.2. The van der Waals surface area contributed by atoms with Crippen LogP contribution in [-0.2, 0) is 18.9 Å². The summed E-state index contributed by atoms with van der Waals surface area (Å²) in [4.78, 5) is 12.1. The second-order valence-electron chi connectivity index (χ2n) is 7.23. The molecule has 0 radical (unpaired) electrons. The van der Waals surface area contributed by atoms with Crippen molar-refractivity contribution < 1.29 is 23.7 Å². The Balaban J connectivity index is 2.06. The normalized spacial score (nSPS) is 32.0. The van der Waals surface area contributed by atoms with Crippen LogP contribution in [0.5, 0.6) is 0 Å². The summed E-state index contributed by atoms with van der Waals surface area (Å²) in [5, 5.41) is 2.87. The van der Waals surface area contributed by atoms with Crippen molar-refractivity contribution in [3.8, 4) is 0 Å². The van der Waals surface area contributed by atoms with Crippen LogP contribution in [-0.4, -0.2) is 48.4 Å². The highest BCUT2D eigenvalue weighted by Gasteiger charge is 2.42. The number of amides is 1. The van der Waals surface area contributed by atoms with Crippen molar-refractivity contribution in [2.75, 3.05) is 6.61 Å². The number of nitrogens with one attached hydrogen (secondary N) is 1. The molecule has 1 saturated heterocycles. The van der Waals surface area contributed by atoms with Gasteiger partial charge in [-0.05, 0) is 41.5 Å². The van der Waals surface area contributed by atoms with E-state index in [9.17, 15) is 4.79 Å². The molecule has 6 nitrogen and oxygen atoms in total. The second kappa shape index (κ2) is 6.18. The third kappa shape index (κ3) is 4.69. The Morgan fingerprint density at radius 1 is 1.36 bits per heavy atom. The minimum Gasteiger partial charge on any atom is -0.444 e. The average Bonchev–Trinajstić information content (AvgIpc) is 2.90. The summed E-state index contributed by atoms with van der Waals surface area (Å²) in [5.74, 6) is -0.660. The molecule has 0 aromatic carbocycles. The predicted octanol–water partition coefficient (Wildman–Crippen LogP) is 2.37. The molecule has 2 heterocycles. The van der Waals surface area contributed by atoms with Crippen LogP contribution in [0.15, 0.2) is 12.2 Å². The Morgan fingerprint density at radius 3 is 2.50 bits per heavy atom. The molecule has 2 aliphatic rings. The third-order valence-electron chi connectivity index (χ3n) is 3.41. The quantitative estimate of drug-likeness (QED) is 0.810. The average molecular weight is 313 g/mol. The van der Waals surface area contributed by atoms with Crippen LogP contribution < -0.4 is 5.32 Å². The van der Waals surface area contributed by atoms with Crippen molar-refractivity contribution in [1.82, 2.24) is 5.32 Å². The van der Waals surface area contributed by atoms with Crippen LogP contribution in [0, 0.1) is 0 Å². The number of hydrogen-bond acceptors (Lipinski definition) is 5. The number of ether oxygens (including phenoxy) is 4. The van der Waals surface area contributed by atoms with Crippen LogP contribution in [0.2, 0.25) is 0 Å². The molecule has 0 bridgehead atoms. The molecule has 0 aromatic heterocycles. The Morgan fingerprint density at radius 2 is 2.05 bits per heavy atom. The van der Waals surface area contributed by atoms with Gasteiger partial charge >= 0.3 is 6.09 Å². The summed E-state index contributed by atoms with van der Waals surface area (Å²) >= 11 is 0. The van der Waals surface area contributed by atoms with E-state index in [4.69, 9.17) is 18.9 Å². The van der Waals surface area contributed by atoms with Gasteiger partial charge in [-0.3, -0.25) is 0 Å². The van der Waals surface area contributed by atoms with Crippen LogP contribution in [0.3, 0.4) is 0 Å². The van der Waals surface area contributed by atoms with E-state index >= 15 is 0 Å². The molecular formula is C16H27NO5. The fourth-order valence-corrected chi connectivity index (χ4v) is 2.53. The maximum absolute atomic E-state index is 12.1. The fraction of sp³-hybridized carbons (Fsp3) is 0.812. The first-order valence-electron chi connectivity index (χ1n) is 7.71. The van der Waals surface area contributed by atoms with E-state index in [1.54, 1.807) is 0 Å². The zero-order valence-electron chi connectivity index (χ0n) is 14.2. The van der Waals surface area contributed by atoms with Gasteiger partial charge in [0.25, 0.3) is 0 Å². The van der Waals surface area contributed by atoms with Gasteiger partial charge in [-0.2, -0.15) is 0 Å². The molecular weight excluding hydrogens is 286 g/mol. The molecule has 126 valence electrons. The SMILES string of the molecule is C[C@H]1C=C[C@H](C(NC(=O)OC(C)(C)C)[C@H]2COC(C)(C)O2)O1. The highest BCUT2D eigenvalue weighted by Crippen LogP contribution is 2.28. The van der Waals surface area contributed by atoms with E-state index in [0.29, 0.717) is 6.61 Å². The van der Waals surface area contributed by atoms with Gasteiger partial charge in [0.1, 0.15) is 11.7 Å². The lowest BCUT2D eigenvalue weighted by molar-refractivity contribution is -0.145. The van der Waals surface area contributed by atoms with E-state index in [-0.39, 0.29) is 24.4 Å². The molecule has 0 spiro atoms. The van der Waals surface area contributed by atoms with Gasteiger partial charge in [-0.25, -0.2) is 4.79 Å². The predicted molar refractivity (Wildman–Crippen MR) is 81.5 cm³/mol. The molecule has 1 amide bonds. The Bertz CT molecular complexity index is 440. The molecule has 4 atom stereocenters. The fourth-order valence-electron chi connectivity index (χ4n) is 2.53. The zero-order chi connectivity index (χ0) is 16.5. The molecule has 0 aliphatic carbocycles. The van der Waals surface area contributed by atoms with Gasteiger partial charge in [0.2, 0.25) is 0 Å². The summed E-state index contributed by atoms with van der Waals surface area (Å²) < 4.78 is 22.7. The van der Waals surface area contributed by atoms with Crippen LogP contribution in [0.1, 0.15) is 41.5 Å². The molecule has 1 unspecified atom stereocenters. The van der Waals surface area contributed by atoms with Crippen molar-refractivity contribution in [2.45, 2.75) is 77.3 Å². The highest BCUT2D eigenvalue weighted by atomic mass is 16.7. The van der Waals surface area contributed by atoms with Gasteiger partial charge in [0.15, 0.2) is 5.79 Å². The monoisotopic (exact) mass is 313 g/mol. The molecule has 22 heavy (non-hydrogen) atoms. The summed E-state index contributed by atoms with van der Waals surface area (Å²) in [5.41, 5.74) is -0.555. The van der Waals surface area contributed by atoms with E-state index in [1.165, 1.54) is 0 Å². The standard InChI is InChI=1S/C16H27NO5/c1-10-7-8-11(20-10)13(12-9-19-16(5,6)21-12)17-14(18)22-15(2,3)4/h7-8,10-13H,9H2,1-6H3,(H,17,18)/t10-,11+,12+,13?/m0/s1. The maximum Gasteiger partial charge on any atom is 0.408 e. The van der Waals surface area contributed by atoms with Crippen LogP contribution >= 0.6 is 0 Å². The minimum atomic E-state index is -0.660. The molecule has 1 N–H and O–H groups in total. The Kier molecular flexibility index (Phi) is 4.84. The molecule has 1 fully saturated rings. The lowest BCUT2D eigenvalue weighted by Crippen LogP contribution is -2.53. The first-order valence-corrected chi connectivity index (χ1v) is 7.71. The Hall–Kier alpha value is -1.11. The van der Waals surface area contributed by atoms with Gasteiger partial charge in [0.05, 0.1) is 24.9 Å². The third-order valence-corrected chi connectivity index (χ3v) is 3.41. The van der Waals surface area contributed by atoms with Gasteiger partial charge in [0, 0.05) is 0 Å². The lowest BCUT2D eigenvalue weighted by atomic mass is 10.1. The maximum atomic E-state index is 12.1. The minimum absolute atomic E-state index is 0.0169. The molecule has 0 aromatic rings. The van der Waals surface area contributed by atoms with Crippen molar-refractivity contribution in [3.63, 3.8) is 0 Å². The van der Waals surface area contributed by atoms with Crippen molar-refractivity contribution in [3.05, 3.63) is 12.2 Å². The van der Waals surface area contributed by atoms with Crippen LogP contribution in [0.25, 0.3) is 0 Å².